The van der Waals surface area contributed by atoms with Crippen LogP contribution in [0.2, 0.25) is 0 Å². The van der Waals surface area contributed by atoms with Crippen LogP contribution in [0.25, 0.3) is 0 Å². The second-order valence-corrected chi connectivity index (χ2v) is 6.04. The van der Waals surface area contributed by atoms with Crippen molar-refractivity contribution in [3.8, 4) is 5.75 Å². The van der Waals surface area contributed by atoms with Gasteiger partial charge in [-0.05, 0) is 30.3 Å². The molecule has 2 aromatic rings. The normalized spacial score (nSPS) is 10.8. The van der Waals surface area contributed by atoms with Crippen molar-refractivity contribution in [2.75, 3.05) is 17.1 Å². The monoisotopic (exact) mass is 321 g/mol. The lowest BCUT2D eigenvalue weighted by atomic mass is 10.3. The van der Waals surface area contributed by atoms with E-state index in [1.165, 1.54) is 50.7 Å². The van der Waals surface area contributed by atoms with E-state index in [1.54, 1.807) is 6.07 Å². The number of aromatic nitrogens is 1. The van der Waals surface area contributed by atoms with Gasteiger partial charge in [0.05, 0.1) is 12.8 Å². The Labute approximate surface area is 128 Å². The fourth-order valence-corrected chi connectivity index (χ4v) is 3.05. The molecule has 0 spiro atoms. The van der Waals surface area contributed by atoms with Crippen LogP contribution in [0.4, 0.5) is 11.4 Å². The Morgan fingerprint density at radius 1 is 1.14 bits per heavy atom. The summed E-state index contributed by atoms with van der Waals surface area (Å²) >= 11 is 0. The second kappa shape index (κ2) is 6.44. The molecule has 1 aromatic carbocycles. The smallest absolute Gasteiger partial charge is 0.265 e. The summed E-state index contributed by atoms with van der Waals surface area (Å²) in [6.45, 7) is 1.34. The first kappa shape index (κ1) is 15.8. The third-order valence-corrected chi connectivity index (χ3v) is 4.11. The number of amides is 1. The Balaban J connectivity index is 2.42. The quantitative estimate of drug-likeness (QED) is 0.876. The number of ether oxygens (including phenoxy) is 1. The molecule has 22 heavy (non-hydrogen) atoms. The Morgan fingerprint density at radius 2 is 1.82 bits per heavy atom. The number of pyridine rings is 1. The van der Waals surface area contributed by atoms with Crippen LogP contribution in [0.1, 0.15) is 6.92 Å². The average molecular weight is 321 g/mol. The van der Waals surface area contributed by atoms with Gasteiger partial charge < -0.3 is 10.1 Å². The number of methoxy groups -OCH3 is 1. The molecule has 8 heteroatoms. The van der Waals surface area contributed by atoms with Gasteiger partial charge in [-0.25, -0.2) is 8.42 Å². The van der Waals surface area contributed by atoms with Gasteiger partial charge in [-0.2, -0.15) is 0 Å². The van der Waals surface area contributed by atoms with Gasteiger partial charge in [-0.15, -0.1) is 0 Å². The molecule has 1 heterocycles. The first-order chi connectivity index (χ1) is 10.4. The van der Waals surface area contributed by atoms with Crippen molar-refractivity contribution in [3.05, 3.63) is 42.7 Å². The molecule has 2 N–H and O–H groups in total. The predicted octanol–water partition coefficient (Wildman–Crippen LogP) is 1.85. The summed E-state index contributed by atoms with van der Waals surface area (Å²) in [6, 6.07) is 7.44. The molecule has 1 aromatic heterocycles. The summed E-state index contributed by atoms with van der Waals surface area (Å²) in [5, 5.41) is 2.54. The largest absolute Gasteiger partial charge is 0.495 e. The van der Waals surface area contributed by atoms with Crippen molar-refractivity contribution in [3.63, 3.8) is 0 Å². The zero-order valence-electron chi connectivity index (χ0n) is 12.0. The van der Waals surface area contributed by atoms with Gasteiger partial charge in [0.2, 0.25) is 5.91 Å². The summed E-state index contributed by atoms with van der Waals surface area (Å²) in [7, 11) is -2.49. The fourth-order valence-electron chi connectivity index (χ4n) is 1.80. The van der Waals surface area contributed by atoms with E-state index in [0.29, 0.717) is 11.4 Å². The molecule has 0 radical (unpaired) electrons. The lowest BCUT2D eigenvalue weighted by molar-refractivity contribution is -0.114. The van der Waals surface area contributed by atoms with Gasteiger partial charge in [0.1, 0.15) is 10.6 Å². The number of rotatable bonds is 5. The van der Waals surface area contributed by atoms with Crippen molar-refractivity contribution >= 4 is 27.3 Å². The van der Waals surface area contributed by atoms with Gasteiger partial charge >= 0.3 is 0 Å². The summed E-state index contributed by atoms with van der Waals surface area (Å²) in [5.74, 6) is -0.119. The predicted molar refractivity (Wildman–Crippen MR) is 82.3 cm³/mol. The molecule has 0 fully saturated rings. The lowest BCUT2D eigenvalue weighted by Crippen LogP contribution is -2.15. The van der Waals surface area contributed by atoms with Gasteiger partial charge in [0.25, 0.3) is 10.0 Å². The highest BCUT2D eigenvalue weighted by molar-refractivity contribution is 7.92. The molecule has 0 atom stereocenters. The van der Waals surface area contributed by atoms with Gasteiger partial charge in [0, 0.05) is 25.0 Å². The van der Waals surface area contributed by atoms with Gasteiger partial charge in [-0.1, -0.05) is 0 Å². The SMILES string of the molecule is COc1ccc(NC(C)=O)cc1S(=O)(=O)Nc1ccncc1. The van der Waals surface area contributed by atoms with E-state index in [1.807, 2.05) is 0 Å². The molecule has 116 valence electrons. The summed E-state index contributed by atoms with van der Waals surface area (Å²) in [6.07, 6.45) is 2.95. The van der Waals surface area contributed by atoms with Crippen LogP contribution < -0.4 is 14.8 Å². The maximum absolute atomic E-state index is 12.5. The van der Waals surface area contributed by atoms with Crippen LogP contribution in [0, 0.1) is 0 Å². The third-order valence-electron chi connectivity index (χ3n) is 2.71. The molecule has 2 rings (SSSR count). The molecule has 0 saturated heterocycles. The zero-order valence-corrected chi connectivity index (χ0v) is 12.8. The third kappa shape index (κ3) is 3.73. The van der Waals surface area contributed by atoms with Crippen LogP contribution >= 0.6 is 0 Å². The van der Waals surface area contributed by atoms with Gasteiger partial charge in [-0.3, -0.25) is 14.5 Å². The Bertz CT molecular complexity index is 776. The van der Waals surface area contributed by atoms with E-state index < -0.39 is 10.0 Å². The number of carbonyl (C=O) groups is 1. The Kier molecular flexibility index (Phi) is 4.62. The maximum atomic E-state index is 12.5. The average Bonchev–Trinajstić information content (AvgIpc) is 2.47. The highest BCUT2D eigenvalue weighted by Gasteiger charge is 2.20. The molecule has 0 saturated carbocycles. The first-order valence-corrected chi connectivity index (χ1v) is 7.79. The minimum Gasteiger partial charge on any atom is -0.495 e. The summed E-state index contributed by atoms with van der Waals surface area (Å²) in [4.78, 5) is 14.9. The van der Waals surface area contributed by atoms with Crippen LogP contribution in [0.3, 0.4) is 0 Å². The van der Waals surface area contributed by atoms with Crippen LogP contribution in [0.15, 0.2) is 47.6 Å². The van der Waals surface area contributed by atoms with Crippen molar-refractivity contribution in [2.45, 2.75) is 11.8 Å². The molecular formula is C14H15N3O4S. The Morgan fingerprint density at radius 3 is 2.41 bits per heavy atom. The molecule has 0 aliphatic carbocycles. The highest BCUT2D eigenvalue weighted by atomic mass is 32.2. The minimum atomic E-state index is -3.87. The summed E-state index contributed by atoms with van der Waals surface area (Å²) in [5.41, 5.74) is 0.741. The van der Waals surface area contributed by atoms with E-state index in [0.717, 1.165) is 0 Å². The summed E-state index contributed by atoms with van der Waals surface area (Å²) < 4.78 is 32.5. The molecule has 0 aliphatic rings. The number of nitrogens with one attached hydrogen (secondary N) is 2. The molecule has 7 nitrogen and oxygen atoms in total. The van der Waals surface area contributed by atoms with Crippen LogP contribution in [0.5, 0.6) is 5.75 Å². The van der Waals surface area contributed by atoms with E-state index in [9.17, 15) is 13.2 Å². The maximum Gasteiger partial charge on any atom is 0.265 e. The van der Waals surface area contributed by atoms with Gasteiger partial charge in [0.15, 0.2) is 0 Å². The number of hydrogen-bond donors (Lipinski definition) is 2. The molecule has 0 bridgehead atoms. The topological polar surface area (TPSA) is 97.4 Å². The number of anilines is 2. The highest BCUT2D eigenvalue weighted by Crippen LogP contribution is 2.28. The number of sulfonamides is 1. The lowest BCUT2D eigenvalue weighted by Gasteiger charge is -2.13. The number of benzene rings is 1. The first-order valence-electron chi connectivity index (χ1n) is 6.31. The number of hydrogen-bond acceptors (Lipinski definition) is 5. The second-order valence-electron chi connectivity index (χ2n) is 4.39. The minimum absolute atomic E-state index is 0.0712. The molecule has 0 aliphatic heterocycles. The van der Waals surface area contributed by atoms with Crippen molar-refractivity contribution < 1.29 is 17.9 Å². The molecular weight excluding hydrogens is 306 g/mol. The van der Waals surface area contributed by atoms with E-state index in [4.69, 9.17) is 4.74 Å². The standard InChI is InChI=1S/C14H15N3O4S/c1-10(18)16-12-3-4-13(21-2)14(9-12)22(19,20)17-11-5-7-15-8-6-11/h3-9H,1-2H3,(H,15,17)(H,16,18). The van der Waals surface area contributed by atoms with Crippen LogP contribution in [-0.4, -0.2) is 26.4 Å². The fraction of sp³-hybridized carbons (Fsp3) is 0.143. The van der Waals surface area contributed by atoms with Crippen LogP contribution in [-0.2, 0) is 14.8 Å². The van der Waals surface area contributed by atoms with E-state index in [2.05, 4.69) is 15.0 Å². The number of carbonyl (C=O) groups excluding carboxylic acids is 1. The van der Waals surface area contributed by atoms with E-state index >= 15 is 0 Å². The van der Waals surface area contributed by atoms with Crippen molar-refractivity contribution in [2.24, 2.45) is 0 Å². The molecule has 1 amide bonds. The Hall–Kier alpha value is -2.61. The molecule has 0 unspecified atom stereocenters. The zero-order chi connectivity index (χ0) is 16.2. The van der Waals surface area contributed by atoms with Crippen molar-refractivity contribution in [1.82, 2.24) is 4.98 Å². The van der Waals surface area contributed by atoms with E-state index in [-0.39, 0.29) is 16.6 Å². The van der Waals surface area contributed by atoms with Crippen molar-refractivity contribution in [1.29, 1.82) is 0 Å². The number of nitrogens with zero attached hydrogens (tertiary/aromatic N) is 1.